The summed E-state index contributed by atoms with van der Waals surface area (Å²) >= 11 is 0. The Kier molecular flexibility index (Phi) is 10.6. The van der Waals surface area contributed by atoms with E-state index in [-0.39, 0.29) is 0 Å². The van der Waals surface area contributed by atoms with Gasteiger partial charge in [0.25, 0.3) is 0 Å². The van der Waals surface area contributed by atoms with Crippen LogP contribution in [0.2, 0.25) is 0 Å². The number of benzene rings is 11. The number of aromatic nitrogens is 1. The van der Waals surface area contributed by atoms with Gasteiger partial charge in [0, 0.05) is 33.5 Å². The fourth-order valence-corrected chi connectivity index (χ4v) is 9.82. The van der Waals surface area contributed by atoms with Crippen molar-refractivity contribution < 1.29 is 0 Å². The summed E-state index contributed by atoms with van der Waals surface area (Å²) in [6, 6.07) is 101. The minimum absolute atomic E-state index is 1.08. The molecule has 0 amide bonds. The molecule has 0 spiro atoms. The van der Waals surface area contributed by atoms with Crippen molar-refractivity contribution in [3.8, 4) is 72.4 Å². The Morgan fingerprint density at radius 3 is 1.04 bits per heavy atom. The Labute approximate surface area is 397 Å². The van der Waals surface area contributed by atoms with E-state index in [2.05, 4.69) is 289 Å². The van der Waals surface area contributed by atoms with Gasteiger partial charge in [-0.2, -0.15) is 0 Å². The molecule has 0 radical (unpaired) electrons. The van der Waals surface area contributed by atoms with Crippen LogP contribution in [0.5, 0.6) is 0 Å². The van der Waals surface area contributed by atoms with E-state index in [9.17, 15) is 0 Å². The predicted molar refractivity (Wildman–Crippen MR) is 288 cm³/mol. The van der Waals surface area contributed by atoms with Gasteiger partial charge in [-0.1, -0.05) is 212 Å². The van der Waals surface area contributed by atoms with Gasteiger partial charge in [0.15, 0.2) is 0 Å². The summed E-state index contributed by atoms with van der Waals surface area (Å²) < 4.78 is 2.40. The number of hydrogen-bond acceptors (Lipinski definition) is 1. The summed E-state index contributed by atoms with van der Waals surface area (Å²) in [5, 5.41) is 2.51. The van der Waals surface area contributed by atoms with Gasteiger partial charge in [-0.3, -0.25) is 0 Å². The monoisotopic (exact) mass is 866 g/mol. The third kappa shape index (κ3) is 7.74. The molecule has 2 heteroatoms. The molecule has 0 saturated heterocycles. The second kappa shape index (κ2) is 17.8. The molecule has 0 aliphatic carbocycles. The number of fused-ring (bicyclic) bond motifs is 3. The molecule has 0 aliphatic heterocycles. The average molecular weight is 867 g/mol. The molecule has 68 heavy (non-hydrogen) atoms. The molecule has 11 aromatic carbocycles. The maximum atomic E-state index is 2.40. The first-order chi connectivity index (χ1) is 33.7. The second-order valence-electron chi connectivity index (χ2n) is 17.3. The van der Waals surface area contributed by atoms with E-state index in [4.69, 9.17) is 0 Å². The molecule has 0 unspecified atom stereocenters. The van der Waals surface area contributed by atoms with Crippen LogP contribution in [0, 0.1) is 0 Å². The highest BCUT2D eigenvalue weighted by atomic mass is 15.1. The van der Waals surface area contributed by atoms with Crippen molar-refractivity contribution in [2.75, 3.05) is 4.90 Å². The van der Waals surface area contributed by atoms with Gasteiger partial charge in [0.2, 0.25) is 0 Å². The molecular formula is C66H46N2. The maximum Gasteiger partial charge on any atom is 0.0541 e. The van der Waals surface area contributed by atoms with Gasteiger partial charge >= 0.3 is 0 Å². The number of hydrogen-bond donors (Lipinski definition) is 0. The summed E-state index contributed by atoms with van der Waals surface area (Å²) in [7, 11) is 0. The highest BCUT2D eigenvalue weighted by molar-refractivity contribution is 6.09. The summed E-state index contributed by atoms with van der Waals surface area (Å²) in [6.45, 7) is 0. The molecule has 0 atom stereocenters. The van der Waals surface area contributed by atoms with Crippen LogP contribution in [0.1, 0.15) is 0 Å². The zero-order valence-electron chi connectivity index (χ0n) is 37.5. The first-order valence-corrected chi connectivity index (χ1v) is 23.3. The smallest absolute Gasteiger partial charge is 0.0541 e. The second-order valence-corrected chi connectivity index (χ2v) is 17.3. The van der Waals surface area contributed by atoms with Crippen LogP contribution in [-0.2, 0) is 0 Å². The number of anilines is 3. The molecule has 0 fully saturated rings. The first-order valence-electron chi connectivity index (χ1n) is 23.3. The van der Waals surface area contributed by atoms with Crippen LogP contribution >= 0.6 is 0 Å². The molecule has 0 aliphatic rings. The van der Waals surface area contributed by atoms with Gasteiger partial charge in [-0.15, -0.1) is 0 Å². The van der Waals surface area contributed by atoms with Gasteiger partial charge in [-0.05, 0) is 133 Å². The zero-order valence-corrected chi connectivity index (χ0v) is 37.5. The van der Waals surface area contributed by atoms with Crippen LogP contribution in [0.3, 0.4) is 0 Å². The highest BCUT2D eigenvalue weighted by Gasteiger charge is 2.17. The lowest BCUT2D eigenvalue weighted by molar-refractivity contribution is 1.18. The summed E-state index contributed by atoms with van der Waals surface area (Å²) in [5.41, 5.74) is 21.0. The topological polar surface area (TPSA) is 8.17 Å². The fourth-order valence-electron chi connectivity index (χ4n) is 9.82. The van der Waals surface area contributed by atoms with Gasteiger partial charge < -0.3 is 9.47 Å². The number of para-hydroxylation sites is 2. The quantitative estimate of drug-likeness (QED) is 0.133. The van der Waals surface area contributed by atoms with Crippen molar-refractivity contribution in [3.05, 3.63) is 279 Å². The van der Waals surface area contributed by atoms with Gasteiger partial charge in [0.1, 0.15) is 0 Å². The molecular weight excluding hydrogens is 821 g/mol. The molecule has 0 saturated carbocycles. The number of rotatable bonds is 10. The first kappa shape index (κ1) is 40.5. The minimum atomic E-state index is 1.08. The Morgan fingerprint density at radius 2 is 0.574 bits per heavy atom. The van der Waals surface area contributed by atoms with E-state index >= 15 is 0 Å². The molecule has 0 N–H and O–H groups in total. The Balaban J connectivity index is 0.938. The maximum absolute atomic E-state index is 2.40. The van der Waals surface area contributed by atoms with Crippen molar-refractivity contribution in [2.24, 2.45) is 0 Å². The molecule has 1 heterocycles. The van der Waals surface area contributed by atoms with Crippen molar-refractivity contribution in [1.29, 1.82) is 0 Å². The SMILES string of the molecule is c1ccc(-c2ccc(-c3ccc(N(c4ccc(-c5ccccc5)cc4)c4ccc(-c5cc(-c6ccccc6)ccc5-c5cccc(-n6c7ccccc7c7ccccc76)c5)cc4)cc3)cc2)cc1. The fraction of sp³-hybridized carbons (Fsp3) is 0. The van der Waals surface area contributed by atoms with Crippen molar-refractivity contribution >= 4 is 38.9 Å². The van der Waals surface area contributed by atoms with E-state index in [0.717, 1.165) is 33.9 Å². The molecule has 12 aromatic rings. The average Bonchev–Trinajstić information content (AvgIpc) is 3.77. The summed E-state index contributed by atoms with van der Waals surface area (Å²) in [5.74, 6) is 0. The van der Waals surface area contributed by atoms with E-state index in [0.29, 0.717) is 0 Å². The van der Waals surface area contributed by atoms with E-state index in [1.54, 1.807) is 0 Å². The van der Waals surface area contributed by atoms with Crippen LogP contribution in [-0.4, -0.2) is 4.57 Å². The summed E-state index contributed by atoms with van der Waals surface area (Å²) in [6.07, 6.45) is 0. The third-order valence-corrected chi connectivity index (χ3v) is 13.2. The van der Waals surface area contributed by atoms with Crippen LogP contribution in [0.25, 0.3) is 94.3 Å². The lowest BCUT2D eigenvalue weighted by Crippen LogP contribution is -2.09. The van der Waals surface area contributed by atoms with Crippen molar-refractivity contribution in [1.82, 2.24) is 4.57 Å². The standard InChI is InChI=1S/C66H46N2/c1-4-15-47(16-5-1)50-27-29-51(30-28-50)53-33-40-58(41-34-53)67(57-38-31-52(32-39-57)48-17-6-2-7-18-48)59-42-35-54(36-43-59)64-46-55(49-19-8-3-9-20-49)37-44-61(64)56-21-14-22-60(45-56)68-65-25-12-10-23-62(65)63-24-11-13-26-66(63)68/h1-46H. The van der Waals surface area contributed by atoms with Gasteiger partial charge in [0.05, 0.1) is 11.0 Å². The Morgan fingerprint density at radius 1 is 0.221 bits per heavy atom. The Bertz CT molecular complexity index is 3610. The Hall–Kier alpha value is -8.98. The van der Waals surface area contributed by atoms with Crippen molar-refractivity contribution in [3.63, 3.8) is 0 Å². The lowest BCUT2D eigenvalue weighted by atomic mass is 9.90. The zero-order chi connectivity index (χ0) is 45.2. The molecule has 0 bridgehead atoms. The lowest BCUT2D eigenvalue weighted by Gasteiger charge is -2.26. The molecule has 2 nitrogen and oxygen atoms in total. The molecule has 12 rings (SSSR count). The predicted octanol–water partition coefficient (Wildman–Crippen LogP) is 18.3. The van der Waals surface area contributed by atoms with E-state index in [1.165, 1.54) is 77.4 Å². The normalized spacial score (nSPS) is 11.2. The third-order valence-electron chi connectivity index (χ3n) is 13.2. The minimum Gasteiger partial charge on any atom is -0.311 e. The van der Waals surface area contributed by atoms with Crippen LogP contribution in [0.15, 0.2) is 279 Å². The van der Waals surface area contributed by atoms with Gasteiger partial charge in [-0.25, -0.2) is 0 Å². The van der Waals surface area contributed by atoms with Crippen LogP contribution in [0.4, 0.5) is 17.1 Å². The molecule has 1 aromatic heterocycles. The van der Waals surface area contributed by atoms with E-state index < -0.39 is 0 Å². The molecule has 320 valence electrons. The number of nitrogens with zero attached hydrogens (tertiary/aromatic N) is 2. The largest absolute Gasteiger partial charge is 0.311 e. The summed E-state index contributed by atoms with van der Waals surface area (Å²) in [4.78, 5) is 2.36. The highest BCUT2D eigenvalue weighted by Crippen LogP contribution is 2.42. The van der Waals surface area contributed by atoms with Crippen LogP contribution < -0.4 is 4.90 Å². The van der Waals surface area contributed by atoms with E-state index in [1.807, 2.05) is 0 Å². The van der Waals surface area contributed by atoms with Crippen molar-refractivity contribution in [2.45, 2.75) is 0 Å².